The zero-order valence-electron chi connectivity index (χ0n) is 17.2. The van der Waals surface area contributed by atoms with Gasteiger partial charge < -0.3 is 14.8 Å². The summed E-state index contributed by atoms with van der Waals surface area (Å²) >= 11 is 0. The number of rotatable bonds is 6. The Morgan fingerprint density at radius 3 is 2.52 bits per heavy atom. The molecule has 0 aliphatic heterocycles. The fourth-order valence-electron chi connectivity index (χ4n) is 3.03. The Labute approximate surface area is 170 Å². The maximum Gasteiger partial charge on any atom is 0.341 e. The summed E-state index contributed by atoms with van der Waals surface area (Å²) in [6, 6.07) is 11.9. The zero-order chi connectivity index (χ0) is 21.0. The summed E-state index contributed by atoms with van der Waals surface area (Å²) in [4.78, 5) is 29.0. The predicted octanol–water partition coefficient (Wildman–Crippen LogP) is 4.57. The number of esters is 2. The highest BCUT2D eigenvalue weighted by molar-refractivity contribution is 6.13. The average molecular weight is 394 g/mol. The number of carbonyl (C=O) groups excluding carboxylic acids is 2. The van der Waals surface area contributed by atoms with E-state index >= 15 is 0 Å². The number of hydrogen-bond acceptors (Lipinski definition) is 6. The first-order chi connectivity index (χ1) is 13.8. The first-order valence-corrected chi connectivity index (χ1v) is 9.71. The van der Waals surface area contributed by atoms with E-state index in [4.69, 9.17) is 9.47 Å². The van der Waals surface area contributed by atoms with Gasteiger partial charge in [0.15, 0.2) is 0 Å². The third kappa shape index (κ3) is 4.47. The van der Waals surface area contributed by atoms with Gasteiger partial charge in [0.1, 0.15) is 12.2 Å². The smallest absolute Gasteiger partial charge is 0.341 e. The van der Waals surface area contributed by atoms with Crippen LogP contribution in [0.4, 0.5) is 5.69 Å². The number of aromatic nitrogens is 1. The highest BCUT2D eigenvalue weighted by atomic mass is 16.5. The van der Waals surface area contributed by atoms with Crippen LogP contribution in [0.3, 0.4) is 0 Å². The molecule has 6 heteroatoms. The van der Waals surface area contributed by atoms with Crippen LogP contribution in [-0.2, 0) is 14.3 Å². The van der Waals surface area contributed by atoms with Gasteiger partial charge in [-0.25, -0.2) is 4.79 Å². The van der Waals surface area contributed by atoms with Gasteiger partial charge in [-0.05, 0) is 33.1 Å². The van der Waals surface area contributed by atoms with Crippen molar-refractivity contribution in [3.05, 3.63) is 48.2 Å². The normalized spacial score (nSPS) is 11.4. The van der Waals surface area contributed by atoms with Crippen LogP contribution in [0.5, 0.6) is 0 Å². The van der Waals surface area contributed by atoms with Crippen LogP contribution < -0.4 is 5.32 Å². The van der Waals surface area contributed by atoms with Crippen molar-refractivity contribution in [1.82, 2.24) is 4.98 Å². The van der Waals surface area contributed by atoms with Crippen LogP contribution >= 0.6 is 0 Å². The second kappa shape index (κ2) is 8.47. The summed E-state index contributed by atoms with van der Waals surface area (Å²) in [7, 11) is 0. The Morgan fingerprint density at radius 2 is 1.79 bits per heavy atom. The summed E-state index contributed by atoms with van der Waals surface area (Å²) in [6.07, 6.45) is 1.54. The van der Waals surface area contributed by atoms with Crippen LogP contribution in [0, 0.1) is 5.41 Å². The fourth-order valence-corrected chi connectivity index (χ4v) is 3.03. The Bertz CT molecular complexity index is 1050. The summed E-state index contributed by atoms with van der Waals surface area (Å²) in [5, 5.41) is 6.14. The van der Waals surface area contributed by atoms with Crippen molar-refractivity contribution in [3.8, 4) is 0 Å². The molecule has 3 aromatic rings. The van der Waals surface area contributed by atoms with Crippen LogP contribution in [0.2, 0.25) is 0 Å². The maximum absolute atomic E-state index is 12.5. The number of nitrogens with one attached hydrogen (secondary N) is 1. The molecule has 0 aliphatic rings. The van der Waals surface area contributed by atoms with Crippen LogP contribution in [0.1, 0.15) is 38.1 Å². The van der Waals surface area contributed by atoms with E-state index in [1.165, 1.54) is 6.20 Å². The molecule has 0 saturated heterocycles. The van der Waals surface area contributed by atoms with Gasteiger partial charge in [-0.3, -0.25) is 9.78 Å². The topological polar surface area (TPSA) is 77.5 Å². The Hall–Kier alpha value is -3.15. The number of anilines is 1. The molecule has 0 fully saturated rings. The Kier molecular flexibility index (Phi) is 6.01. The van der Waals surface area contributed by atoms with Crippen molar-refractivity contribution in [2.24, 2.45) is 5.41 Å². The zero-order valence-corrected chi connectivity index (χ0v) is 17.2. The predicted molar refractivity (Wildman–Crippen MR) is 114 cm³/mol. The van der Waals surface area contributed by atoms with E-state index in [1.54, 1.807) is 6.92 Å². The first-order valence-electron chi connectivity index (χ1n) is 9.71. The fraction of sp³-hybridized carbons (Fsp3) is 0.348. The van der Waals surface area contributed by atoms with Crippen molar-refractivity contribution < 1.29 is 19.1 Å². The molecule has 0 atom stereocenters. The molecular weight excluding hydrogens is 368 g/mol. The quantitative estimate of drug-likeness (QED) is 0.375. The van der Waals surface area contributed by atoms with E-state index in [1.807, 2.05) is 57.2 Å². The highest BCUT2D eigenvalue weighted by Crippen LogP contribution is 2.31. The van der Waals surface area contributed by atoms with Gasteiger partial charge in [0.25, 0.3) is 0 Å². The lowest BCUT2D eigenvalue weighted by atomic mass is 9.97. The first kappa shape index (κ1) is 20.6. The van der Waals surface area contributed by atoms with Crippen LogP contribution in [0.25, 0.3) is 21.7 Å². The van der Waals surface area contributed by atoms with Crippen molar-refractivity contribution >= 4 is 39.3 Å². The largest absolute Gasteiger partial charge is 0.463 e. The minimum absolute atomic E-state index is 0.190. The number of carbonyl (C=O) groups is 2. The third-order valence-corrected chi connectivity index (χ3v) is 4.51. The maximum atomic E-state index is 12.5. The lowest BCUT2D eigenvalue weighted by Crippen LogP contribution is -2.25. The van der Waals surface area contributed by atoms with Crippen LogP contribution in [0.15, 0.2) is 42.6 Å². The number of pyridine rings is 1. The van der Waals surface area contributed by atoms with Crippen molar-refractivity contribution in [2.75, 3.05) is 25.1 Å². The van der Waals surface area contributed by atoms with Gasteiger partial charge in [-0.1, -0.05) is 36.4 Å². The average Bonchev–Trinajstić information content (AvgIpc) is 2.70. The van der Waals surface area contributed by atoms with Gasteiger partial charge in [0, 0.05) is 23.5 Å². The van der Waals surface area contributed by atoms with Gasteiger partial charge >= 0.3 is 11.9 Å². The monoisotopic (exact) mass is 394 g/mol. The molecule has 0 amide bonds. The second-order valence-electron chi connectivity index (χ2n) is 7.76. The molecule has 2 aromatic carbocycles. The van der Waals surface area contributed by atoms with E-state index in [9.17, 15) is 9.59 Å². The molecule has 1 aromatic heterocycles. The molecule has 0 radical (unpaired) electrons. The molecule has 1 heterocycles. The minimum Gasteiger partial charge on any atom is -0.463 e. The summed E-state index contributed by atoms with van der Waals surface area (Å²) in [6.45, 7) is 8.02. The highest BCUT2D eigenvalue weighted by Gasteiger charge is 2.23. The number of benzene rings is 2. The molecule has 152 valence electrons. The molecule has 6 nitrogen and oxygen atoms in total. The molecule has 0 spiro atoms. The van der Waals surface area contributed by atoms with Crippen LogP contribution in [-0.4, -0.2) is 36.7 Å². The van der Waals surface area contributed by atoms with Gasteiger partial charge in [-0.2, -0.15) is 0 Å². The minimum atomic E-state index is -0.557. The molecule has 0 bridgehead atoms. The Balaban J connectivity index is 1.95. The lowest BCUT2D eigenvalue weighted by Gasteiger charge is -2.18. The van der Waals surface area contributed by atoms with E-state index in [0.717, 1.165) is 21.7 Å². The molecule has 0 saturated carbocycles. The van der Waals surface area contributed by atoms with E-state index in [2.05, 4.69) is 10.3 Å². The molecule has 3 rings (SSSR count). The number of nitrogens with zero attached hydrogens (tertiary/aromatic N) is 1. The summed E-state index contributed by atoms with van der Waals surface area (Å²) in [5.41, 5.74) is 1.23. The lowest BCUT2D eigenvalue weighted by molar-refractivity contribution is -0.152. The van der Waals surface area contributed by atoms with Gasteiger partial charge in [-0.15, -0.1) is 0 Å². The summed E-state index contributed by atoms with van der Waals surface area (Å²) < 4.78 is 10.5. The SMILES string of the molecule is CCOC(=O)c1cnc2c(ccc3ccccc32)c1NCCOC(=O)C(C)(C)C. The standard InChI is InChI=1S/C23H26N2O4/c1-5-28-21(26)18-14-25-19-16-9-7-6-8-15(16)10-11-17(19)20(18)24-12-13-29-22(27)23(2,3)4/h6-11,14H,5,12-13H2,1-4H3,(H,24,25). The van der Waals surface area contributed by atoms with E-state index in [0.29, 0.717) is 17.8 Å². The van der Waals surface area contributed by atoms with Crippen molar-refractivity contribution in [3.63, 3.8) is 0 Å². The van der Waals surface area contributed by atoms with E-state index in [-0.39, 0.29) is 19.2 Å². The van der Waals surface area contributed by atoms with Crippen molar-refractivity contribution in [1.29, 1.82) is 0 Å². The van der Waals surface area contributed by atoms with E-state index < -0.39 is 11.4 Å². The molecule has 29 heavy (non-hydrogen) atoms. The van der Waals surface area contributed by atoms with Gasteiger partial charge in [0.2, 0.25) is 0 Å². The van der Waals surface area contributed by atoms with Gasteiger partial charge in [0.05, 0.1) is 23.2 Å². The number of fused-ring (bicyclic) bond motifs is 3. The second-order valence-corrected chi connectivity index (χ2v) is 7.76. The number of ether oxygens (including phenoxy) is 2. The van der Waals surface area contributed by atoms with Crippen molar-refractivity contribution in [2.45, 2.75) is 27.7 Å². The molecule has 0 aliphatic carbocycles. The molecule has 0 unspecified atom stereocenters. The molecular formula is C23H26N2O4. The summed E-state index contributed by atoms with van der Waals surface area (Å²) in [5.74, 6) is -0.709. The third-order valence-electron chi connectivity index (χ3n) is 4.51. The molecule has 1 N–H and O–H groups in total. The number of hydrogen-bond donors (Lipinski definition) is 1. The Morgan fingerprint density at radius 1 is 1.03 bits per heavy atom.